The molecule has 3 N–H and O–H groups in total. The number of fused-ring (bicyclic) bond motifs is 1. The minimum Gasteiger partial charge on any atom is -0.481 e. The third kappa shape index (κ3) is 3.88. The Morgan fingerprint density at radius 2 is 1.92 bits per heavy atom. The molecule has 138 valence electrons. The fourth-order valence-electron chi connectivity index (χ4n) is 2.86. The molecule has 0 bridgehead atoms. The summed E-state index contributed by atoms with van der Waals surface area (Å²) in [7, 11) is 0. The Kier molecular flexibility index (Phi) is 5.39. The van der Waals surface area contributed by atoms with Crippen LogP contribution in [0.4, 0.5) is 5.69 Å². The van der Waals surface area contributed by atoms with Gasteiger partial charge in [-0.2, -0.15) is 0 Å². The van der Waals surface area contributed by atoms with Gasteiger partial charge in [0.05, 0.1) is 22.4 Å². The van der Waals surface area contributed by atoms with E-state index in [1.807, 2.05) is 0 Å². The number of aliphatic carboxylic acids is 1. The highest BCUT2D eigenvalue weighted by Crippen LogP contribution is 2.24. The van der Waals surface area contributed by atoms with Gasteiger partial charge in [0, 0.05) is 29.1 Å². The number of aromatic amines is 1. The van der Waals surface area contributed by atoms with Crippen LogP contribution >= 0.6 is 0 Å². The summed E-state index contributed by atoms with van der Waals surface area (Å²) in [6, 6.07) is 4.84. The van der Waals surface area contributed by atoms with E-state index >= 15 is 0 Å². The van der Waals surface area contributed by atoms with Crippen LogP contribution in [0.3, 0.4) is 0 Å². The molecule has 26 heavy (non-hydrogen) atoms. The lowest BCUT2D eigenvalue weighted by molar-refractivity contribution is -0.384. The monoisotopic (exact) mass is 361 g/mol. The first-order valence-electron chi connectivity index (χ1n) is 8.07. The van der Waals surface area contributed by atoms with E-state index in [1.165, 1.54) is 18.2 Å². The first kappa shape index (κ1) is 19.1. The summed E-state index contributed by atoms with van der Waals surface area (Å²) >= 11 is 0. The Morgan fingerprint density at radius 3 is 2.46 bits per heavy atom. The molecule has 1 amide bonds. The normalized spacial score (nSPS) is 11.3. The number of amides is 1. The number of carboxylic acid groups (broad SMARTS) is 1. The molecule has 9 heteroatoms. The zero-order chi connectivity index (χ0) is 19.5. The topological polar surface area (TPSA) is 142 Å². The van der Waals surface area contributed by atoms with Crippen molar-refractivity contribution in [1.82, 2.24) is 10.3 Å². The van der Waals surface area contributed by atoms with Crippen LogP contribution in [0, 0.1) is 10.1 Å². The molecular weight excluding hydrogens is 342 g/mol. The predicted octanol–water partition coefficient (Wildman–Crippen LogP) is 2.20. The van der Waals surface area contributed by atoms with Gasteiger partial charge in [-0.25, -0.2) is 0 Å². The van der Waals surface area contributed by atoms with Crippen LogP contribution in [0.2, 0.25) is 0 Å². The molecular formula is C17H19N3O6. The van der Waals surface area contributed by atoms with Crippen molar-refractivity contribution in [3.05, 3.63) is 50.3 Å². The molecule has 1 aromatic carbocycles. The van der Waals surface area contributed by atoms with Crippen LogP contribution in [-0.4, -0.2) is 32.4 Å². The number of carbonyl (C=O) groups is 2. The van der Waals surface area contributed by atoms with Crippen LogP contribution in [0.5, 0.6) is 0 Å². The number of hydrogen-bond acceptors (Lipinski definition) is 5. The number of rotatable bonds is 7. The van der Waals surface area contributed by atoms with E-state index in [9.17, 15) is 24.5 Å². The summed E-state index contributed by atoms with van der Waals surface area (Å²) < 4.78 is 0. The molecule has 0 saturated carbocycles. The van der Waals surface area contributed by atoms with E-state index in [0.717, 1.165) is 6.07 Å². The van der Waals surface area contributed by atoms with E-state index in [0.29, 0.717) is 12.8 Å². The van der Waals surface area contributed by atoms with Crippen LogP contribution in [0.15, 0.2) is 29.1 Å². The van der Waals surface area contributed by atoms with E-state index in [1.54, 1.807) is 13.8 Å². The summed E-state index contributed by atoms with van der Waals surface area (Å²) in [4.78, 5) is 48.7. The highest BCUT2D eigenvalue weighted by molar-refractivity contribution is 6.06. The zero-order valence-corrected chi connectivity index (χ0v) is 14.4. The van der Waals surface area contributed by atoms with Crippen LogP contribution in [0.25, 0.3) is 10.9 Å². The number of nitrogens with one attached hydrogen (secondary N) is 2. The molecule has 0 aliphatic carbocycles. The molecule has 0 fully saturated rings. The van der Waals surface area contributed by atoms with Crippen LogP contribution in [0.1, 0.15) is 43.5 Å². The molecule has 2 rings (SSSR count). The van der Waals surface area contributed by atoms with E-state index in [-0.39, 0.29) is 28.6 Å². The maximum atomic E-state index is 12.8. The lowest BCUT2D eigenvalue weighted by atomic mass is 9.88. The standard InChI is InChI=1S/C17H19N3O6/c1-3-17(4-2,9-15(22)23)19-16(24)12-8-14(21)18-13-6-5-10(20(25)26)7-11(12)13/h5-8H,3-4,9H2,1-2H3,(H,18,21)(H,19,24)(H,22,23). The highest BCUT2D eigenvalue weighted by atomic mass is 16.6. The third-order valence-corrected chi connectivity index (χ3v) is 4.50. The van der Waals surface area contributed by atoms with Gasteiger partial charge >= 0.3 is 5.97 Å². The number of non-ortho nitro benzene ring substituents is 1. The number of nitro benzene ring substituents is 1. The van der Waals surface area contributed by atoms with Crippen molar-refractivity contribution in [3.8, 4) is 0 Å². The molecule has 0 atom stereocenters. The second kappa shape index (κ2) is 7.34. The fourth-order valence-corrected chi connectivity index (χ4v) is 2.86. The number of carbonyl (C=O) groups excluding carboxylic acids is 1. The Balaban J connectivity index is 2.55. The Labute approximate surface area is 148 Å². The number of nitro groups is 1. The van der Waals surface area contributed by atoms with E-state index < -0.39 is 27.9 Å². The predicted molar refractivity (Wildman–Crippen MR) is 94.3 cm³/mol. The second-order valence-corrected chi connectivity index (χ2v) is 6.05. The van der Waals surface area contributed by atoms with Gasteiger partial charge in [0.15, 0.2) is 0 Å². The fraction of sp³-hybridized carbons (Fsp3) is 0.353. The number of pyridine rings is 1. The van der Waals surface area contributed by atoms with Crippen molar-refractivity contribution in [1.29, 1.82) is 0 Å². The number of nitrogens with zero attached hydrogens (tertiary/aromatic N) is 1. The van der Waals surface area contributed by atoms with Gasteiger partial charge in [0.25, 0.3) is 11.6 Å². The van der Waals surface area contributed by atoms with Crippen molar-refractivity contribution in [2.75, 3.05) is 0 Å². The molecule has 2 aromatic rings. The minimum atomic E-state index is -1.06. The second-order valence-electron chi connectivity index (χ2n) is 6.05. The maximum Gasteiger partial charge on any atom is 0.305 e. The zero-order valence-electron chi connectivity index (χ0n) is 14.4. The van der Waals surface area contributed by atoms with Crippen LogP contribution < -0.4 is 10.9 Å². The summed E-state index contributed by atoms with van der Waals surface area (Å²) in [5, 5.41) is 23.0. The van der Waals surface area contributed by atoms with Crippen molar-refractivity contribution >= 4 is 28.5 Å². The molecule has 1 aromatic heterocycles. The van der Waals surface area contributed by atoms with E-state index in [2.05, 4.69) is 10.3 Å². The quantitative estimate of drug-likeness (QED) is 0.509. The number of aromatic nitrogens is 1. The first-order chi connectivity index (χ1) is 12.2. The van der Waals surface area contributed by atoms with Crippen molar-refractivity contribution in [2.24, 2.45) is 0 Å². The molecule has 0 radical (unpaired) electrons. The average Bonchev–Trinajstić information content (AvgIpc) is 2.59. The maximum absolute atomic E-state index is 12.8. The van der Waals surface area contributed by atoms with Crippen LogP contribution in [-0.2, 0) is 4.79 Å². The molecule has 0 saturated heterocycles. The van der Waals surface area contributed by atoms with Gasteiger partial charge in [-0.3, -0.25) is 24.5 Å². The van der Waals surface area contributed by atoms with Crippen molar-refractivity contribution in [3.63, 3.8) is 0 Å². The number of benzene rings is 1. The summed E-state index contributed by atoms with van der Waals surface area (Å²) in [6.45, 7) is 3.51. The Bertz CT molecular complexity index is 930. The number of carboxylic acids is 1. The Morgan fingerprint density at radius 1 is 1.27 bits per heavy atom. The summed E-state index contributed by atoms with van der Waals surface area (Å²) in [6.07, 6.45) is 0.485. The van der Waals surface area contributed by atoms with Gasteiger partial charge in [-0.15, -0.1) is 0 Å². The molecule has 9 nitrogen and oxygen atoms in total. The van der Waals surface area contributed by atoms with Crippen molar-refractivity contribution in [2.45, 2.75) is 38.6 Å². The largest absolute Gasteiger partial charge is 0.481 e. The lowest BCUT2D eigenvalue weighted by Gasteiger charge is -2.31. The van der Waals surface area contributed by atoms with Gasteiger partial charge in [-0.05, 0) is 18.9 Å². The van der Waals surface area contributed by atoms with Gasteiger partial charge in [-0.1, -0.05) is 13.8 Å². The summed E-state index contributed by atoms with van der Waals surface area (Å²) in [5.74, 6) is -1.70. The van der Waals surface area contributed by atoms with Gasteiger partial charge < -0.3 is 15.4 Å². The third-order valence-electron chi connectivity index (χ3n) is 4.50. The lowest BCUT2D eigenvalue weighted by Crippen LogP contribution is -2.49. The molecule has 1 heterocycles. The highest BCUT2D eigenvalue weighted by Gasteiger charge is 2.32. The molecule has 0 spiro atoms. The number of H-pyrrole nitrogens is 1. The van der Waals surface area contributed by atoms with Gasteiger partial charge in [0.1, 0.15) is 0 Å². The molecule has 0 unspecified atom stereocenters. The van der Waals surface area contributed by atoms with Gasteiger partial charge in [0.2, 0.25) is 5.56 Å². The minimum absolute atomic E-state index is 0.0379. The van der Waals surface area contributed by atoms with Crippen molar-refractivity contribution < 1.29 is 19.6 Å². The summed E-state index contributed by atoms with van der Waals surface area (Å²) in [5.41, 5.74) is -1.48. The SMILES string of the molecule is CCC(CC)(CC(=O)O)NC(=O)c1cc(=O)[nH]c2ccc([N+](=O)[O-])cc12. The van der Waals surface area contributed by atoms with E-state index in [4.69, 9.17) is 5.11 Å². The average molecular weight is 361 g/mol. The Hall–Kier alpha value is -3.23. The number of hydrogen-bond donors (Lipinski definition) is 3. The molecule has 0 aliphatic heterocycles. The first-order valence-corrected chi connectivity index (χ1v) is 8.07. The molecule has 0 aliphatic rings. The smallest absolute Gasteiger partial charge is 0.305 e.